The van der Waals surface area contributed by atoms with Gasteiger partial charge in [0.25, 0.3) is 5.91 Å². The highest BCUT2D eigenvalue weighted by Crippen LogP contribution is 2.26. The standard InChI is InChI=1S/C18H22FN3O2/c19-16-10-14(4-5-15(16)11-20)12-21-7-3-6-18(24,13-21)17(23)22-8-1-2-9-22/h4-5,10,24H,1-3,6-9,12-13H2/t18-/m1/s1. The van der Waals surface area contributed by atoms with Crippen molar-refractivity contribution in [2.24, 2.45) is 0 Å². The van der Waals surface area contributed by atoms with Gasteiger partial charge in [-0.3, -0.25) is 9.69 Å². The van der Waals surface area contributed by atoms with Crippen LogP contribution in [0.15, 0.2) is 18.2 Å². The van der Waals surface area contributed by atoms with Crippen molar-refractivity contribution in [1.29, 1.82) is 5.26 Å². The van der Waals surface area contributed by atoms with Crippen LogP contribution in [0.2, 0.25) is 0 Å². The first kappa shape index (κ1) is 16.9. The number of hydrogen-bond donors (Lipinski definition) is 1. The summed E-state index contributed by atoms with van der Waals surface area (Å²) in [7, 11) is 0. The highest BCUT2D eigenvalue weighted by atomic mass is 19.1. The number of piperidine rings is 1. The van der Waals surface area contributed by atoms with Crippen LogP contribution >= 0.6 is 0 Å². The third-order valence-corrected chi connectivity index (χ3v) is 4.90. The van der Waals surface area contributed by atoms with Crippen molar-refractivity contribution in [2.75, 3.05) is 26.2 Å². The van der Waals surface area contributed by atoms with Gasteiger partial charge < -0.3 is 10.0 Å². The van der Waals surface area contributed by atoms with Crippen LogP contribution in [0.4, 0.5) is 4.39 Å². The lowest BCUT2D eigenvalue weighted by Gasteiger charge is -2.40. The number of nitrogens with zero attached hydrogens (tertiary/aromatic N) is 3. The summed E-state index contributed by atoms with van der Waals surface area (Å²) in [4.78, 5) is 16.4. The molecule has 0 bridgehead atoms. The predicted octanol–water partition coefficient (Wildman–Crippen LogP) is 1.65. The lowest BCUT2D eigenvalue weighted by molar-refractivity contribution is -0.156. The fraction of sp³-hybridized carbons (Fsp3) is 0.556. The monoisotopic (exact) mass is 331 g/mol. The van der Waals surface area contributed by atoms with Gasteiger partial charge in [0, 0.05) is 26.2 Å². The molecule has 2 aliphatic rings. The van der Waals surface area contributed by atoms with Crippen LogP contribution in [-0.4, -0.2) is 52.6 Å². The van der Waals surface area contributed by atoms with Crippen molar-refractivity contribution in [3.63, 3.8) is 0 Å². The Morgan fingerprint density at radius 1 is 1.29 bits per heavy atom. The largest absolute Gasteiger partial charge is 0.379 e. The van der Waals surface area contributed by atoms with Gasteiger partial charge in [-0.1, -0.05) is 6.07 Å². The van der Waals surface area contributed by atoms with Crippen molar-refractivity contribution in [3.8, 4) is 6.07 Å². The Kier molecular flexibility index (Phi) is 4.83. The van der Waals surface area contributed by atoms with E-state index in [-0.39, 0.29) is 18.0 Å². The topological polar surface area (TPSA) is 67.6 Å². The molecule has 1 aromatic rings. The van der Waals surface area contributed by atoms with Gasteiger partial charge in [0.2, 0.25) is 0 Å². The molecular formula is C18H22FN3O2. The van der Waals surface area contributed by atoms with Gasteiger partial charge in [-0.25, -0.2) is 4.39 Å². The third kappa shape index (κ3) is 3.42. The van der Waals surface area contributed by atoms with Crippen molar-refractivity contribution < 1.29 is 14.3 Å². The minimum absolute atomic E-state index is 0.0260. The Bertz CT molecular complexity index is 667. The number of nitriles is 1. The second kappa shape index (κ2) is 6.88. The Morgan fingerprint density at radius 3 is 2.71 bits per heavy atom. The molecule has 1 atom stereocenters. The average Bonchev–Trinajstić information content (AvgIpc) is 3.09. The molecule has 6 heteroatoms. The van der Waals surface area contributed by atoms with Gasteiger partial charge in [0.05, 0.1) is 5.56 Å². The molecule has 2 fully saturated rings. The zero-order chi connectivity index (χ0) is 17.2. The van der Waals surface area contributed by atoms with E-state index in [0.29, 0.717) is 13.0 Å². The van der Waals surface area contributed by atoms with Gasteiger partial charge in [-0.2, -0.15) is 5.26 Å². The molecule has 1 N–H and O–H groups in total. The van der Waals surface area contributed by atoms with Crippen LogP contribution < -0.4 is 0 Å². The second-order valence-corrected chi connectivity index (χ2v) is 6.77. The van der Waals surface area contributed by atoms with E-state index in [1.54, 1.807) is 17.0 Å². The first-order valence-electron chi connectivity index (χ1n) is 8.44. The van der Waals surface area contributed by atoms with Gasteiger partial charge in [0.1, 0.15) is 11.9 Å². The molecule has 2 heterocycles. The van der Waals surface area contributed by atoms with E-state index in [4.69, 9.17) is 5.26 Å². The maximum atomic E-state index is 13.7. The fourth-order valence-corrected chi connectivity index (χ4v) is 3.65. The average molecular weight is 331 g/mol. The number of benzene rings is 1. The van der Waals surface area contributed by atoms with E-state index in [9.17, 15) is 14.3 Å². The van der Waals surface area contributed by atoms with Crippen LogP contribution in [-0.2, 0) is 11.3 Å². The SMILES string of the molecule is N#Cc1ccc(CN2CCC[C@](O)(C(=O)N3CCCC3)C2)cc1F. The Balaban J connectivity index is 1.68. The van der Waals surface area contributed by atoms with Crippen LogP contribution in [0.5, 0.6) is 0 Å². The van der Waals surface area contributed by atoms with E-state index in [1.165, 1.54) is 12.1 Å². The van der Waals surface area contributed by atoms with Crippen molar-refractivity contribution >= 4 is 5.91 Å². The van der Waals surface area contributed by atoms with E-state index in [2.05, 4.69) is 0 Å². The Labute approximate surface area is 141 Å². The highest BCUT2D eigenvalue weighted by Gasteiger charge is 2.43. The maximum Gasteiger partial charge on any atom is 0.255 e. The molecule has 0 aliphatic carbocycles. The van der Waals surface area contributed by atoms with Crippen LogP contribution in [0, 0.1) is 17.1 Å². The number of β-amino-alcohol motifs (C(OH)–C–C–N with tert-alkyl or cyclic N) is 1. The summed E-state index contributed by atoms with van der Waals surface area (Å²) in [6.07, 6.45) is 3.20. The first-order valence-corrected chi connectivity index (χ1v) is 8.44. The lowest BCUT2D eigenvalue weighted by Crippen LogP contribution is -2.57. The molecule has 128 valence electrons. The van der Waals surface area contributed by atoms with Crippen molar-refractivity contribution in [3.05, 3.63) is 35.1 Å². The minimum Gasteiger partial charge on any atom is -0.379 e. The molecule has 2 saturated heterocycles. The Hall–Kier alpha value is -1.97. The third-order valence-electron chi connectivity index (χ3n) is 4.90. The molecular weight excluding hydrogens is 309 g/mol. The summed E-state index contributed by atoms with van der Waals surface area (Å²) < 4.78 is 13.7. The van der Waals surface area contributed by atoms with E-state index in [1.807, 2.05) is 4.90 Å². The molecule has 0 aromatic heterocycles. The van der Waals surface area contributed by atoms with Gasteiger partial charge in [-0.05, 0) is 49.9 Å². The molecule has 24 heavy (non-hydrogen) atoms. The number of carbonyl (C=O) groups excluding carboxylic acids is 1. The van der Waals surface area contributed by atoms with E-state index < -0.39 is 11.4 Å². The quantitative estimate of drug-likeness (QED) is 0.914. The minimum atomic E-state index is -1.34. The normalized spacial score (nSPS) is 24.8. The van der Waals surface area contributed by atoms with Crippen LogP contribution in [0.3, 0.4) is 0 Å². The summed E-state index contributed by atoms with van der Waals surface area (Å²) in [5.74, 6) is -0.703. The zero-order valence-electron chi connectivity index (χ0n) is 13.7. The van der Waals surface area contributed by atoms with Gasteiger partial charge in [0.15, 0.2) is 5.60 Å². The number of likely N-dealkylation sites (tertiary alicyclic amines) is 2. The number of aliphatic hydroxyl groups is 1. The molecule has 0 unspecified atom stereocenters. The van der Waals surface area contributed by atoms with Crippen molar-refractivity contribution in [1.82, 2.24) is 9.80 Å². The summed E-state index contributed by atoms with van der Waals surface area (Å²) in [5, 5.41) is 19.6. The van der Waals surface area contributed by atoms with Crippen molar-refractivity contribution in [2.45, 2.75) is 37.8 Å². The lowest BCUT2D eigenvalue weighted by atomic mass is 9.91. The van der Waals surface area contributed by atoms with Crippen LogP contribution in [0.25, 0.3) is 0 Å². The predicted molar refractivity (Wildman–Crippen MR) is 86.4 cm³/mol. The maximum absolute atomic E-state index is 13.7. The number of hydrogen-bond acceptors (Lipinski definition) is 4. The van der Waals surface area contributed by atoms with E-state index >= 15 is 0 Å². The summed E-state index contributed by atoms with van der Waals surface area (Å²) in [6.45, 7) is 2.93. The molecule has 3 rings (SSSR count). The zero-order valence-corrected chi connectivity index (χ0v) is 13.7. The number of halogens is 1. The highest BCUT2D eigenvalue weighted by molar-refractivity contribution is 5.85. The molecule has 2 aliphatic heterocycles. The molecule has 0 radical (unpaired) electrons. The summed E-state index contributed by atoms with van der Waals surface area (Å²) in [6, 6.07) is 6.35. The van der Waals surface area contributed by atoms with E-state index in [0.717, 1.165) is 44.5 Å². The number of carbonyl (C=O) groups is 1. The number of rotatable bonds is 3. The molecule has 0 spiro atoms. The van der Waals surface area contributed by atoms with Gasteiger partial charge in [-0.15, -0.1) is 0 Å². The smallest absolute Gasteiger partial charge is 0.255 e. The summed E-state index contributed by atoms with van der Waals surface area (Å²) >= 11 is 0. The first-order chi connectivity index (χ1) is 11.5. The van der Waals surface area contributed by atoms with Crippen LogP contribution in [0.1, 0.15) is 36.8 Å². The fourth-order valence-electron chi connectivity index (χ4n) is 3.65. The molecule has 1 aromatic carbocycles. The number of amides is 1. The molecule has 1 amide bonds. The van der Waals surface area contributed by atoms with Gasteiger partial charge >= 0.3 is 0 Å². The molecule has 5 nitrogen and oxygen atoms in total. The Morgan fingerprint density at radius 2 is 2.04 bits per heavy atom. The molecule has 0 saturated carbocycles. The second-order valence-electron chi connectivity index (χ2n) is 6.77. The summed E-state index contributed by atoms with van der Waals surface area (Å²) in [5.41, 5.74) is -0.573.